The van der Waals surface area contributed by atoms with Crippen LogP contribution in [0.2, 0.25) is 0 Å². The van der Waals surface area contributed by atoms with Gasteiger partial charge in [-0.2, -0.15) is 13.2 Å². The van der Waals surface area contributed by atoms with E-state index in [1.165, 1.54) is 16.7 Å². The van der Waals surface area contributed by atoms with Gasteiger partial charge in [0.05, 0.1) is 11.3 Å². The number of fused-ring (bicyclic) bond motifs is 1. The normalized spacial score (nSPS) is 11.6. The fourth-order valence-electron chi connectivity index (χ4n) is 3.40. The second-order valence-electron chi connectivity index (χ2n) is 7.15. The summed E-state index contributed by atoms with van der Waals surface area (Å²) >= 11 is 1.05. The Labute approximate surface area is 190 Å². The average molecular weight is 472 g/mol. The van der Waals surface area contributed by atoms with Gasteiger partial charge in [-0.25, -0.2) is 4.98 Å². The van der Waals surface area contributed by atoms with Crippen molar-refractivity contribution in [3.8, 4) is 11.1 Å². The number of benzene rings is 2. The summed E-state index contributed by atoms with van der Waals surface area (Å²) in [6.45, 7) is 2.14. The van der Waals surface area contributed by atoms with Crippen LogP contribution < -0.4 is 10.9 Å². The van der Waals surface area contributed by atoms with Crippen molar-refractivity contribution < 1.29 is 18.0 Å². The van der Waals surface area contributed by atoms with Crippen LogP contribution in [-0.2, 0) is 17.5 Å². The third-order valence-electron chi connectivity index (χ3n) is 4.96. The number of rotatable bonds is 6. The highest BCUT2D eigenvalue weighted by Gasteiger charge is 2.30. The highest BCUT2D eigenvalue weighted by atomic mass is 32.2. The number of halogens is 3. The van der Waals surface area contributed by atoms with Crippen molar-refractivity contribution in [2.24, 2.45) is 0 Å². The van der Waals surface area contributed by atoms with Crippen molar-refractivity contribution in [2.45, 2.75) is 24.8 Å². The SMILES string of the molecule is CCn1c(SCC(=O)Nc2cccc(C(F)(F)F)c2)nc2c(-c3ccccc3)c[nH]c2c1=O. The summed E-state index contributed by atoms with van der Waals surface area (Å²) in [6, 6.07) is 13.9. The minimum absolute atomic E-state index is 0.0451. The zero-order valence-electron chi connectivity index (χ0n) is 17.4. The van der Waals surface area contributed by atoms with E-state index in [0.717, 1.165) is 35.0 Å². The van der Waals surface area contributed by atoms with E-state index in [2.05, 4.69) is 15.3 Å². The smallest absolute Gasteiger partial charge is 0.355 e. The number of hydrogen-bond donors (Lipinski definition) is 2. The molecule has 0 atom stereocenters. The van der Waals surface area contributed by atoms with Crippen molar-refractivity contribution in [3.63, 3.8) is 0 Å². The first-order valence-electron chi connectivity index (χ1n) is 10.0. The molecule has 0 bridgehead atoms. The van der Waals surface area contributed by atoms with Crippen molar-refractivity contribution in [2.75, 3.05) is 11.1 Å². The molecular weight excluding hydrogens is 453 g/mol. The summed E-state index contributed by atoms with van der Waals surface area (Å²) in [5.41, 5.74) is 1.46. The maximum Gasteiger partial charge on any atom is 0.416 e. The quantitative estimate of drug-likeness (QED) is 0.300. The Morgan fingerprint density at radius 3 is 2.61 bits per heavy atom. The molecule has 0 saturated heterocycles. The van der Waals surface area contributed by atoms with E-state index in [-0.39, 0.29) is 17.0 Å². The van der Waals surface area contributed by atoms with Crippen LogP contribution in [0, 0.1) is 0 Å². The van der Waals surface area contributed by atoms with Crippen LogP contribution in [0.25, 0.3) is 22.2 Å². The van der Waals surface area contributed by atoms with E-state index in [9.17, 15) is 22.8 Å². The number of nitrogens with zero attached hydrogens (tertiary/aromatic N) is 2. The fraction of sp³-hybridized carbons (Fsp3) is 0.174. The van der Waals surface area contributed by atoms with Crippen LogP contribution >= 0.6 is 11.8 Å². The number of carbonyl (C=O) groups excluding carboxylic acids is 1. The first-order valence-corrected chi connectivity index (χ1v) is 11.0. The lowest BCUT2D eigenvalue weighted by atomic mass is 10.1. The number of aromatic amines is 1. The highest BCUT2D eigenvalue weighted by Crippen LogP contribution is 2.31. The van der Waals surface area contributed by atoms with Crippen LogP contribution in [-0.4, -0.2) is 26.2 Å². The molecule has 0 aliphatic rings. The van der Waals surface area contributed by atoms with Crippen LogP contribution in [0.5, 0.6) is 0 Å². The van der Waals surface area contributed by atoms with Crippen molar-refractivity contribution in [1.82, 2.24) is 14.5 Å². The van der Waals surface area contributed by atoms with Crippen LogP contribution in [0.4, 0.5) is 18.9 Å². The molecule has 0 radical (unpaired) electrons. The van der Waals surface area contributed by atoms with Gasteiger partial charge in [-0.05, 0) is 30.7 Å². The maximum atomic E-state index is 13.0. The van der Waals surface area contributed by atoms with Crippen molar-refractivity contribution >= 4 is 34.4 Å². The molecule has 4 rings (SSSR count). The lowest BCUT2D eigenvalue weighted by Gasteiger charge is -2.11. The lowest BCUT2D eigenvalue weighted by Crippen LogP contribution is -2.23. The lowest BCUT2D eigenvalue weighted by molar-refractivity contribution is -0.137. The molecule has 6 nitrogen and oxygen atoms in total. The Morgan fingerprint density at radius 2 is 1.91 bits per heavy atom. The highest BCUT2D eigenvalue weighted by molar-refractivity contribution is 7.99. The number of amides is 1. The Hall–Kier alpha value is -3.53. The first kappa shape index (κ1) is 22.7. The predicted octanol–water partition coefficient (Wildman–Crippen LogP) is 5.16. The van der Waals surface area contributed by atoms with E-state index in [1.54, 1.807) is 13.1 Å². The third kappa shape index (κ3) is 4.80. The molecule has 0 aliphatic carbocycles. The molecule has 4 aromatic rings. The van der Waals surface area contributed by atoms with Crippen molar-refractivity contribution in [3.05, 3.63) is 76.7 Å². The molecule has 2 aromatic heterocycles. The van der Waals surface area contributed by atoms with E-state index in [4.69, 9.17) is 0 Å². The molecule has 33 heavy (non-hydrogen) atoms. The molecule has 1 amide bonds. The van der Waals surface area contributed by atoms with Gasteiger partial charge in [-0.15, -0.1) is 0 Å². The number of alkyl halides is 3. The fourth-order valence-corrected chi connectivity index (χ4v) is 4.26. The van der Waals surface area contributed by atoms with Gasteiger partial charge in [0.15, 0.2) is 5.16 Å². The topological polar surface area (TPSA) is 79.8 Å². The second kappa shape index (κ2) is 9.14. The van der Waals surface area contributed by atoms with Gasteiger partial charge in [0.25, 0.3) is 5.56 Å². The molecule has 2 heterocycles. The van der Waals surface area contributed by atoms with Crippen LogP contribution in [0.3, 0.4) is 0 Å². The maximum absolute atomic E-state index is 13.0. The molecule has 0 unspecified atom stereocenters. The van der Waals surface area contributed by atoms with E-state index in [0.29, 0.717) is 22.7 Å². The number of thioether (sulfide) groups is 1. The number of H-pyrrole nitrogens is 1. The summed E-state index contributed by atoms with van der Waals surface area (Å²) in [7, 11) is 0. The number of hydrogen-bond acceptors (Lipinski definition) is 4. The molecule has 0 spiro atoms. The standard InChI is InChI=1S/C23H19F3N4O2S/c1-2-30-21(32)20-19(17(12-27-20)14-7-4-3-5-8-14)29-22(30)33-13-18(31)28-16-10-6-9-15(11-16)23(24,25)26/h3-12,27H,2,13H2,1H3,(H,28,31). The van der Waals surface area contributed by atoms with Crippen molar-refractivity contribution in [1.29, 1.82) is 0 Å². The van der Waals surface area contributed by atoms with Gasteiger partial charge in [0, 0.05) is 24.0 Å². The molecule has 0 fully saturated rings. The van der Waals surface area contributed by atoms with E-state index < -0.39 is 17.6 Å². The van der Waals surface area contributed by atoms with Gasteiger partial charge in [-0.1, -0.05) is 48.2 Å². The molecule has 0 saturated carbocycles. The third-order valence-corrected chi connectivity index (χ3v) is 5.93. The summed E-state index contributed by atoms with van der Waals surface area (Å²) in [5, 5.41) is 2.82. The first-order chi connectivity index (χ1) is 15.8. The number of carbonyl (C=O) groups is 1. The molecule has 170 valence electrons. The summed E-state index contributed by atoms with van der Waals surface area (Å²) < 4.78 is 40.1. The van der Waals surface area contributed by atoms with Crippen LogP contribution in [0.1, 0.15) is 12.5 Å². The molecular formula is C23H19F3N4O2S. The summed E-state index contributed by atoms with van der Waals surface area (Å²) in [5.74, 6) is -0.632. The van der Waals surface area contributed by atoms with Gasteiger partial charge in [0.1, 0.15) is 11.0 Å². The predicted molar refractivity (Wildman–Crippen MR) is 122 cm³/mol. The Morgan fingerprint density at radius 1 is 1.15 bits per heavy atom. The molecule has 10 heteroatoms. The monoisotopic (exact) mass is 472 g/mol. The Balaban J connectivity index is 1.58. The van der Waals surface area contributed by atoms with Gasteiger partial charge in [0.2, 0.25) is 5.91 Å². The second-order valence-corrected chi connectivity index (χ2v) is 8.09. The Bertz CT molecular complexity index is 1360. The Kier molecular flexibility index (Phi) is 6.28. The van der Waals surface area contributed by atoms with Gasteiger partial charge in [-0.3, -0.25) is 14.2 Å². The minimum Gasteiger partial charge on any atom is -0.355 e. The van der Waals surface area contributed by atoms with E-state index in [1.807, 2.05) is 30.3 Å². The number of nitrogens with one attached hydrogen (secondary N) is 2. The number of anilines is 1. The zero-order valence-corrected chi connectivity index (χ0v) is 18.3. The van der Waals surface area contributed by atoms with Crippen LogP contribution in [0.15, 0.2) is 70.7 Å². The number of aromatic nitrogens is 3. The summed E-state index contributed by atoms with van der Waals surface area (Å²) in [4.78, 5) is 33.0. The van der Waals surface area contributed by atoms with Gasteiger partial charge < -0.3 is 10.3 Å². The largest absolute Gasteiger partial charge is 0.416 e. The van der Waals surface area contributed by atoms with E-state index >= 15 is 0 Å². The minimum atomic E-state index is -4.50. The zero-order chi connectivity index (χ0) is 23.6. The molecule has 2 N–H and O–H groups in total. The molecule has 0 aliphatic heterocycles. The van der Waals surface area contributed by atoms with Gasteiger partial charge >= 0.3 is 6.18 Å². The summed E-state index contributed by atoms with van der Waals surface area (Å²) in [6.07, 6.45) is -2.78. The average Bonchev–Trinajstić information content (AvgIpc) is 3.22. The molecule has 2 aromatic carbocycles.